The monoisotopic (exact) mass is 452 g/mol. The Morgan fingerprint density at radius 3 is 0.760 bits per heavy atom. The largest absolute Gasteiger partial charge is 2.00 e. The topological polar surface area (TPSA) is 0 Å². The standard InChI is InChI=1S/2C12H25.Cd/c2*1-3-5-7-9-11-12-10-8-6-4-2;/h2*1,3-12H2,2H3;/q2*-1;+2. The summed E-state index contributed by atoms with van der Waals surface area (Å²) >= 11 is 0. The summed E-state index contributed by atoms with van der Waals surface area (Å²) in [6.45, 7) is 12.2. The minimum Gasteiger partial charge on any atom is -0.343 e. The molecule has 0 aromatic carbocycles. The molecule has 0 saturated heterocycles. The molecule has 1 heteroatoms. The van der Waals surface area contributed by atoms with Crippen LogP contribution in [0.1, 0.15) is 142 Å². The molecular formula is C24H50Cd. The van der Waals surface area contributed by atoms with E-state index in [1.807, 2.05) is 0 Å². The Morgan fingerprint density at radius 1 is 0.360 bits per heavy atom. The smallest absolute Gasteiger partial charge is 0.343 e. The van der Waals surface area contributed by atoms with Crippen LogP contribution < -0.4 is 0 Å². The third kappa shape index (κ3) is 36.6. The molecule has 0 fully saturated rings. The number of hydrogen-bond acceptors (Lipinski definition) is 0. The predicted molar refractivity (Wildman–Crippen MR) is 114 cm³/mol. The normalized spacial score (nSPS) is 10.1. The second-order valence-corrected chi connectivity index (χ2v) is 7.36. The Kier molecular flexibility index (Phi) is 39.9. The third-order valence-corrected chi connectivity index (χ3v) is 4.71. The molecule has 0 spiro atoms. The minimum atomic E-state index is 0. The molecule has 0 nitrogen and oxygen atoms in total. The molecule has 0 aliphatic rings. The first-order chi connectivity index (χ1) is 11.8. The second kappa shape index (κ2) is 32.6. The summed E-state index contributed by atoms with van der Waals surface area (Å²) in [6.07, 6.45) is 27.8. The molecule has 0 aliphatic heterocycles. The molecule has 0 bridgehead atoms. The fourth-order valence-corrected chi connectivity index (χ4v) is 2.97. The van der Waals surface area contributed by atoms with Gasteiger partial charge in [-0.15, -0.1) is 0 Å². The van der Waals surface area contributed by atoms with Gasteiger partial charge in [-0.1, -0.05) is 129 Å². The van der Waals surface area contributed by atoms with Crippen molar-refractivity contribution in [1.82, 2.24) is 0 Å². The summed E-state index contributed by atoms with van der Waals surface area (Å²) in [5, 5.41) is 0. The van der Waals surface area contributed by atoms with Crippen molar-refractivity contribution in [2.45, 2.75) is 142 Å². The fraction of sp³-hybridized carbons (Fsp3) is 0.917. The van der Waals surface area contributed by atoms with Crippen LogP contribution in [0.25, 0.3) is 0 Å². The molecule has 0 aromatic heterocycles. The molecule has 0 N–H and O–H groups in total. The van der Waals surface area contributed by atoms with Crippen molar-refractivity contribution in [3.8, 4) is 0 Å². The van der Waals surface area contributed by atoms with E-state index in [0.29, 0.717) is 0 Å². The second-order valence-electron chi connectivity index (χ2n) is 7.36. The molecule has 0 rings (SSSR count). The maximum atomic E-state index is 3.84. The number of rotatable bonds is 18. The van der Waals surface area contributed by atoms with E-state index in [9.17, 15) is 0 Å². The van der Waals surface area contributed by atoms with Crippen LogP contribution in [-0.4, -0.2) is 0 Å². The molecule has 0 aromatic rings. The van der Waals surface area contributed by atoms with Gasteiger partial charge in [0, 0.05) is 0 Å². The zero-order valence-electron chi connectivity index (χ0n) is 18.3. The van der Waals surface area contributed by atoms with Crippen LogP contribution >= 0.6 is 0 Å². The van der Waals surface area contributed by atoms with Crippen LogP contribution in [0.3, 0.4) is 0 Å². The van der Waals surface area contributed by atoms with Crippen molar-refractivity contribution in [3.05, 3.63) is 13.8 Å². The first kappa shape index (κ1) is 30.6. The van der Waals surface area contributed by atoms with E-state index in [1.54, 1.807) is 0 Å². The number of unbranched alkanes of at least 4 members (excludes halogenated alkanes) is 18. The summed E-state index contributed by atoms with van der Waals surface area (Å²) in [4.78, 5) is 0. The van der Waals surface area contributed by atoms with Crippen LogP contribution in [0, 0.1) is 13.8 Å². The van der Waals surface area contributed by atoms with Gasteiger partial charge in [-0.3, -0.25) is 0 Å². The maximum Gasteiger partial charge on any atom is 2.00 e. The van der Waals surface area contributed by atoms with Gasteiger partial charge in [0.05, 0.1) is 0 Å². The zero-order valence-corrected chi connectivity index (χ0v) is 22.3. The van der Waals surface area contributed by atoms with Crippen molar-refractivity contribution in [2.24, 2.45) is 0 Å². The molecule has 0 amide bonds. The van der Waals surface area contributed by atoms with Crippen molar-refractivity contribution >= 4 is 0 Å². The molecule has 0 atom stereocenters. The molecule has 0 radical (unpaired) electrons. The van der Waals surface area contributed by atoms with Crippen molar-refractivity contribution in [2.75, 3.05) is 0 Å². The van der Waals surface area contributed by atoms with Gasteiger partial charge >= 0.3 is 27.3 Å². The molecular weight excluding hydrogens is 401 g/mol. The van der Waals surface area contributed by atoms with E-state index in [1.165, 1.54) is 116 Å². The average Bonchev–Trinajstić information content (AvgIpc) is 2.60. The van der Waals surface area contributed by atoms with Crippen LogP contribution in [0.15, 0.2) is 0 Å². The van der Waals surface area contributed by atoms with Gasteiger partial charge in [0.2, 0.25) is 0 Å². The van der Waals surface area contributed by atoms with Gasteiger partial charge in [0.15, 0.2) is 0 Å². The van der Waals surface area contributed by atoms with Gasteiger partial charge in [-0.05, 0) is 0 Å². The van der Waals surface area contributed by atoms with Crippen LogP contribution in [0.5, 0.6) is 0 Å². The Balaban J connectivity index is -0.000000372. The summed E-state index contributed by atoms with van der Waals surface area (Å²) < 4.78 is 0. The van der Waals surface area contributed by atoms with Crippen molar-refractivity contribution in [1.29, 1.82) is 0 Å². The first-order valence-electron chi connectivity index (χ1n) is 11.4. The Bertz CT molecular complexity index is 139. The molecule has 0 heterocycles. The zero-order chi connectivity index (χ0) is 18.1. The molecule has 0 saturated carbocycles. The first-order valence-corrected chi connectivity index (χ1v) is 11.4. The van der Waals surface area contributed by atoms with E-state index in [0.717, 1.165) is 12.8 Å². The van der Waals surface area contributed by atoms with Crippen LogP contribution in [-0.2, 0) is 27.3 Å². The van der Waals surface area contributed by atoms with Gasteiger partial charge in [0.25, 0.3) is 0 Å². The summed E-state index contributed by atoms with van der Waals surface area (Å²) in [5.74, 6) is 0. The average molecular weight is 451 g/mol. The van der Waals surface area contributed by atoms with E-state index < -0.39 is 0 Å². The summed E-state index contributed by atoms with van der Waals surface area (Å²) in [5.41, 5.74) is 0. The van der Waals surface area contributed by atoms with Crippen LogP contribution in [0.4, 0.5) is 0 Å². The molecule has 25 heavy (non-hydrogen) atoms. The Labute approximate surface area is 182 Å². The Hall–Kier alpha value is 0.922. The quantitative estimate of drug-likeness (QED) is 0.111. The summed E-state index contributed by atoms with van der Waals surface area (Å²) in [6, 6.07) is 0. The van der Waals surface area contributed by atoms with Gasteiger partial charge in [-0.25, -0.2) is 0 Å². The fourth-order valence-electron chi connectivity index (χ4n) is 2.97. The van der Waals surface area contributed by atoms with Gasteiger partial charge < -0.3 is 13.8 Å². The predicted octanol–water partition coefficient (Wildman–Crippen LogP) is 9.48. The molecule has 148 valence electrons. The van der Waals surface area contributed by atoms with Gasteiger partial charge in [-0.2, -0.15) is 12.8 Å². The number of hydrogen-bond donors (Lipinski definition) is 0. The minimum absolute atomic E-state index is 0. The molecule has 0 aliphatic carbocycles. The Morgan fingerprint density at radius 2 is 0.560 bits per heavy atom. The maximum absolute atomic E-state index is 3.84. The van der Waals surface area contributed by atoms with E-state index >= 15 is 0 Å². The van der Waals surface area contributed by atoms with E-state index in [4.69, 9.17) is 0 Å². The summed E-state index contributed by atoms with van der Waals surface area (Å²) in [7, 11) is 0. The van der Waals surface area contributed by atoms with E-state index in [2.05, 4.69) is 27.7 Å². The molecule has 0 unspecified atom stereocenters. The van der Waals surface area contributed by atoms with Crippen molar-refractivity contribution in [3.63, 3.8) is 0 Å². The third-order valence-electron chi connectivity index (χ3n) is 4.71. The SMILES string of the molecule is [CH2-]CCCCCCCCCCC.[CH2-]CCCCCCCCCCC.[Cd+2]. The van der Waals surface area contributed by atoms with Crippen LogP contribution in [0.2, 0.25) is 0 Å². The van der Waals surface area contributed by atoms with Crippen molar-refractivity contribution < 1.29 is 27.3 Å². The van der Waals surface area contributed by atoms with Gasteiger partial charge in [0.1, 0.15) is 0 Å². The van der Waals surface area contributed by atoms with E-state index in [-0.39, 0.29) is 27.3 Å².